The first-order chi connectivity index (χ1) is 8.15. The summed E-state index contributed by atoms with van der Waals surface area (Å²) in [5.74, 6) is 1.16. The van der Waals surface area contributed by atoms with Gasteiger partial charge in [-0.3, -0.25) is 9.48 Å². The molecular formula is C12H18ClN3O. The van der Waals surface area contributed by atoms with Crippen LogP contribution in [0.25, 0.3) is 0 Å². The summed E-state index contributed by atoms with van der Waals surface area (Å²) in [6.45, 7) is 6.21. The molecule has 0 aromatic carbocycles. The number of halogens is 1. The lowest BCUT2D eigenvalue weighted by Gasteiger charge is -2.16. The second kappa shape index (κ2) is 5.08. The Labute approximate surface area is 107 Å². The standard InChI is InChI=1S/C12H18ClN3O/c1-3-16-11(6-9(2)14-16)12(17)15-5-4-10(7-13)8-15/h6,10H,3-5,7-8H2,1-2H3. The molecule has 0 aliphatic carbocycles. The first-order valence-electron chi connectivity index (χ1n) is 6.05. The molecule has 1 aliphatic heterocycles. The molecular weight excluding hydrogens is 238 g/mol. The Bertz CT molecular complexity index is 416. The van der Waals surface area contributed by atoms with E-state index in [0.717, 1.165) is 31.7 Å². The number of hydrogen-bond donors (Lipinski definition) is 0. The summed E-state index contributed by atoms with van der Waals surface area (Å²) < 4.78 is 1.77. The van der Waals surface area contributed by atoms with Crippen molar-refractivity contribution in [2.75, 3.05) is 19.0 Å². The zero-order valence-electron chi connectivity index (χ0n) is 10.3. The van der Waals surface area contributed by atoms with Gasteiger partial charge < -0.3 is 4.90 Å². The zero-order chi connectivity index (χ0) is 12.4. The van der Waals surface area contributed by atoms with Crippen molar-refractivity contribution in [1.29, 1.82) is 0 Å². The highest BCUT2D eigenvalue weighted by Crippen LogP contribution is 2.20. The van der Waals surface area contributed by atoms with Crippen LogP contribution in [0.1, 0.15) is 29.5 Å². The van der Waals surface area contributed by atoms with Gasteiger partial charge in [-0.05, 0) is 32.3 Å². The molecule has 17 heavy (non-hydrogen) atoms. The van der Waals surface area contributed by atoms with Gasteiger partial charge in [0.25, 0.3) is 5.91 Å². The maximum Gasteiger partial charge on any atom is 0.272 e. The van der Waals surface area contributed by atoms with Crippen molar-refractivity contribution >= 4 is 17.5 Å². The lowest BCUT2D eigenvalue weighted by atomic mass is 10.2. The van der Waals surface area contributed by atoms with Gasteiger partial charge in [0.1, 0.15) is 5.69 Å². The fraction of sp³-hybridized carbons (Fsp3) is 0.667. The molecule has 1 atom stereocenters. The van der Waals surface area contributed by atoms with Crippen LogP contribution in [0.3, 0.4) is 0 Å². The summed E-state index contributed by atoms with van der Waals surface area (Å²) in [5.41, 5.74) is 1.59. The lowest BCUT2D eigenvalue weighted by Crippen LogP contribution is -2.30. The average molecular weight is 256 g/mol. The molecule has 1 saturated heterocycles. The van der Waals surface area contributed by atoms with Gasteiger partial charge in [0, 0.05) is 25.5 Å². The van der Waals surface area contributed by atoms with Gasteiger partial charge >= 0.3 is 0 Å². The van der Waals surface area contributed by atoms with Crippen LogP contribution in [0.5, 0.6) is 0 Å². The van der Waals surface area contributed by atoms with Crippen molar-refractivity contribution in [3.63, 3.8) is 0 Å². The van der Waals surface area contributed by atoms with Gasteiger partial charge in [0.2, 0.25) is 0 Å². The molecule has 1 amide bonds. The van der Waals surface area contributed by atoms with Gasteiger partial charge in [0.05, 0.1) is 5.69 Å². The van der Waals surface area contributed by atoms with E-state index in [1.807, 2.05) is 24.8 Å². The Hall–Kier alpha value is -1.03. The maximum atomic E-state index is 12.3. The third-order valence-electron chi connectivity index (χ3n) is 3.21. The number of nitrogens with zero attached hydrogens (tertiary/aromatic N) is 3. The Balaban J connectivity index is 2.14. The first-order valence-corrected chi connectivity index (χ1v) is 6.58. The smallest absolute Gasteiger partial charge is 0.272 e. The topological polar surface area (TPSA) is 38.1 Å². The highest BCUT2D eigenvalue weighted by molar-refractivity contribution is 6.18. The van der Waals surface area contributed by atoms with Crippen LogP contribution in [0, 0.1) is 12.8 Å². The summed E-state index contributed by atoms with van der Waals surface area (Å²) >= 11 is 5.83. The fourth-order valence-corrected chi connectivity index (χ4v) is 2.52. The highest BCUT2D eigenvalue weighted by atomic mass is 35.5. The van der Waals surface area contributed by atoms with E-state index in [-0.39, 0.29) is 5.91 Å². The van der Waals surface area contributed by atoms with Crippen LogP contribution in [0.15, 0.2) is 6.07 Å². The van der Waals surface area contributed by atoms with Crippen molar-refractivity contribution in [2.45, 2.75) is 26.8 Å². The normalized spacial score (nSPS) is 19.9. The van der Waals surface area contributed by atoms with Gasteiger partial charge in [-0.1, -0.05) is 0 Å². The maximum absolute atomic E-state index is 12.3. The van der Waals surface area contributed by atoms with Crippen molar-refractivity contribution in [2.24, 2.45) is 5.92 Å². The molecule has 1 aliphatic rings. The van der Waals surface area contributed by atoms with E-state index in [4.69, 9.17) is 11.6 Å². The van der Waals surface area contributed by atoms with Crippen LogP contribution < -0.4 is 0 Å². The molecule has 5 heteroatoms. The Morgan fingerprint density at radius 3 is 3.00 bits per heavy atom. The van der Waals surface area contributed by atoms with E-state index in [1.54, 1.807) is 4.68 Å². The number of rotatable bonds is 3. The van der Waals surface area contributed by atoms with E-state index in [0.29, 0.717) is 17.5 Å². The molecule has 1 aromatic rings. The third-order valence-corrected chi connectivity index (χ3v) is 3.65. The Morgan fingerprint density at radius 1 is 1.65 bits per heavy atom. The molecule has 94 valence electrons. The predicted molar refractivity (Wildman–Crippen MR) is 67.4 cm³/mol. The number of alkyl halides is 1. The largest absolute Gasteiger partial charge is 0.337 e. The van der Waals surface area contributed by atoms with Gasteiger partial charge in [-0.2, -0.15) is 5.10 Å². The SMILES string of the molecule is CCn1nc(C)cc1C(=O)N1CCC(CCl)C1. The number of aromatic nitrogens is 2. The predicted octanol–water partition coefficient (Wildman–Crippen LogP) is 1.91. The van der Waals surface area contributed by atoms with Crippen LogP contribution in [0.4, 0.5) is 0 Å². The van der Waals surface area contributed by atoms with Crippen LogP contribution in [-0.4, -0.2) is 39.6 Å². The first kappa shape index (κ1) is 12.4. The molecule has 0 bridgehead atoms. The summed E-state index contributed by atoms with van der Waals surface area (Å²) in [6, 6.07) is 1.86. The fourth-order valence-electron chi connectivity index (χ4n) is 2.26. The number of hydrogen-bond acceptors (Lipinski definition) is 2. The molecule has 1 aromatic heterocycles. The minimum Gasteiger partial charge on any atom is -0.337 e. The van der Waals surface area contributed by atoms with E-state index < -0.39 is 0 Å². The number of amides is 1. The van der Waals surface area contributed by atoms with Gasteiger partial charge in [-0.15, -0.1) is 11.6 Å². The minimum absolute atomic E-state index is 0.0834. The van der Waals surface area contributed by atoms with Crippen LogP contribution in [-0.2, 0) is 6.54 Å². The second-order valence-electron chi connectivity index (χ2n) is 4.55. The van der Waals surface area contributed by atoms with Crippen molar-refractivity contribution in [1.82, 2.24) is 14.7 Å². The van der Waals surface area contributed by atoms with Crippen molar-refractivity contribution in [3.8, 4) is 0 Å². The third kappa shape index (κ3) is 2.46. The molecule has 0 N–H and O–H groups in total. The average Bonchev–Trinajstić information content (AvgIpc) is 2.93. The summed E-state index contributed by atoms with van der Waals surface area (Å²) in [5, 5.41) is 4.30. The van der Waals surface area contributed by atoms with E-state index in [2.05, 4.69) is 5.10 Å². The summed E-state index contributed by atoms with van der Waals surface area (Å²) in [7, 11) is 0. The Morgan fingerprint density at radius 2 is 2.41 bits per heavy atom. The zero-order valence-corrected chi connectivity index (χ0v) is 11.1. The molecule has 0 saturated carbocycles. The molecule has 1 fully saturated rings. The quantitative estimate of drug-likeness (QED) is 0.774. The molecule has 0 radical (unpaired) electrons. The van der Waals surface area contributed by atoms with Crippen LogP contribution >= 0.6 is 11.6 Å². The van der Waals surface area contributed by atoms with Gasteiger partial charge in [0.15, 0.2) is 0 Å². The van der Waals surface area contributed by atoms with E-state index in [1.165, 1.54) is 0 Å². The van der Waals surface area contributed by atoms with Crippen molar-refractivity contribution in [3.05, 3.63) is 17.5 Å². The lowest BCUT2D eigenvalue weighted by molar-refractivity contribution is 0.0776. The summed E-state index contributed by atoms with van der Waals surface area (Å²) in [6.07, 6.45) is 1.01. The molecule has 2 rings (SSSR count). The van der Waals surface area contributed by atoms with Gasteiger partial charge in [-0.25, -0.2) is 0 Å². The second-order valence-corrected chi connectivity index (χ2v) is 4.86. The Kier molecular flexibility index (Phi) is 3.72. The number of carbonyl (C=O) groups excluding carboxylic acids is 1. The molecule has 1 unspecified atom stereocenters. The highest BCUT2D eigenvalue weighted by Gasteiger charge is 2.28. The minimum atomic E-state index is 0.0834. The van der Waals surface area contributed by atoms with E-state index >= 15 is 0 Å². The van der Waals surface area contributed by atoms with Crippen LogP contribution in [0.2, 0.25) is 0 Å². The monoisotopic (exact) mass is 255 g/mol. The molecule has 0 spiro atoms. The molecule has 2 heterocycles. The molecule has 4 nitrogen and oxygen atoms in total. The summed E-state index contributed by atoms with van der Waals surface area (Å²) in [4.78, 5) is 14.2. The number of aryl methyl sites for hydroxylation is 2. The number of likely N-dealkylation sites (tertiary alicyclic amines) is 1. The van der Waals surface area contributed by atoms with Crippen molar-refractivity contribution < 1.29 is 4.79 Å². The van der Waals surface area contributed by atoms with E-state index in [9.17, 15) is 4.79 Å². The number of carbonyl (C=O) groups is 1.